The van der Waals surface area contributed by atoms with Crippen LogP contribution in [0, 0.1) is 23.7 Å². The van der Waals surface area contributed by atoms with Gasteiger partial charge < -0.3 is 0 Å². The molecule has 2 nitrogen and oxygen atoms in total. The van der Waals surface area contributed by atoms with E-state index in [-0.39, 0.29) is 34.2 Å². The molecule has 22 heavy (non-hydrogen) atoms. The van der Waals surface area contributed by atoms with Gasteiger partial charge in [-0.2, -0.15) is 0 Å². The second-order valence-electron chi connectivity index (χ2n) is 6.99. The van der Waals surface area contributed by atoms with Crippen LogP contribution in [0.25, 0.3) is 0 Å². The molecule has 2 aliphatic rings. The Labute approximate surface area is 143 Å². The average molecular weight is 345 g/mol. The van der Waals surface area contributed by atoms with E-state index in [0.29, 0.717) is 11.8 Å². The minimum atomic E-state index is 0.0428. The Morgan fingerprint density at radius 3 is 1.41 bits per heavy atom. The molecule has 6 unspecified atom stereocenters. The molecule has 0 heterocycles. The highest BCUT2D eigenvalue weighted by molar-refractivity contribution is 6.21. The lowest BCUT2D eigenvalue weighted by atomic mass is 9.77. The van der Waals surface area contributed by atoms with Crippen LogP contribution in [-0.4, -0.2) is 22.3 Å². The van der Waals surface area contributed by atoms with Crippen molar-refractivity contribution in [2.24, 2.45) is 23.7 Å². The van der Waals surface area contributed by atoms with Crippen molar-refractivity contribution in [3.8, 4) is 0 Å². The van der Waals surface area contributed by atoms with Crippen LogP contribution in [0.15, 0.2) is 12.2 Å². The molecule has 0 amide bonds. The maximum atomic E-state index is 11.5. The summed E-state index contributed by atoms with van der Waals surface area (Å²) in [6.45, 7) is 3.33. The molecule has 6 atom stereocenters. The third kappa shape index (κ3) is 4.58. The standard InChI is InChI=1S/C18H26Cl2O2/c1-11(21)15-7-5-13(17(19)9-15)3-4-14-6-8-16(12(2)22)10-18(14)20/h3-4,13-18H,5-10H2,1-2H3. The first-order valence-corrected chi connectivity index (χ1v) is 9.23. The van der Waals surface area contributed by atoms with Crippen molar-refractivity contribution in [2.75, 3.05) is 0 Å². The van der Waals surface area contributed by atoms with E-state index in [0.717, 1.165) is 38.5 Å². The van der Waals surface area contributed by atoms with E-state index in [1.54, 1.807) is 13.8 Å². The van der Waals surface area contributed by atoms with Gasteiger partial charge in [-0.15, -0.1) is 23.2 Å². The zero-order valence-electron chi connectivity index (χ0n) is 13.4. The summed E-state index contributed by atoms with van der Waals surface area (Å²) < 4.78 is 0. The molecular formula is C18H26Cl2O2. The van der Waals surface area contributed by atoms with Crippen molar-refractivity contribution < 1.29 is 9.59 Å². The highest BCUT2D eigenvalue weighted by atomic mass is 35.5. The van der Waals surface area contributed by atoms with Crippen molar-refractivity contribution in [3.05, 3.63) is 12.2 Å². The van der Waals surface area contributed by atoms with Gasteiger partial charge in [0.25, 0.3) is 0 Å². The summed E-state index contributed by atoms with van der Waals surface area (Å²) in [5.74, 6) is 1.48. The summed E-state index contributed by atoms with van der Waals surface area (Å²) in [5, 5.41) is 0.0856. The van der Waals surface area contributed by atoms with E-state index < -0.39 is 0 Å². The second kappa shape index (κ2) is 7.97. The zero-order valence-corrected chi connectivity index (χ0v) is 14.9. The fourth-order valence-corrected chi connectivity index (χ4v) is 4.59. The van der Waals surface area contributed by atoms with Gasteiger partial charge in [0.2, 0.25) is 0 Å². The van der Waals surface area contributed by atoms with Crippen LogP contribution in [0.2, 0.25) is 0 Å². The first-order chi connectivity index (χ1) is 10.4. The quantitative estimate of drug-likeness (QED) is 0.543. The first-order valence-electron chi connectivity index (χ1n) is 8.35. The van der Waals surface area contributed by atoms with Crippen LogP contribution >= 0.6 is 23.2 Å². The van der Waals surface area contributed by atoms with Gasteiger partial charge in [0.05, 0.1) is 0 Å². The fraction of sp³-hybridized carbons (Fsp3) is 0.778. The second-order valence-corrected chi connectivity index (χ2v) is 8.11. The number of carbonyl (C=O) groups is 2. The normalized spacial score (nSPS) is 39.8. The van der Waals surface area contributed by atoms with Crippen LogP contribution < -0.4 is 0 Å². The molecule has 2 fully saturated rings. The number of hydrogen-bond donors (Lipinski definition) is 0. The lowest BCUT2D eigenvalue weighted by Crippen LogP contribution is -2.29. The van der Waals surface area contributed by atoms with Crippen LogP contribution in [0.4, 0.5) is 0 Å². The summed E-state index contributed by atoms with van der Waals surface area (Å²) in [5.41, 5.74) is 0. The lowest BCUT2D eigenvalue weighted by molar-refractivity contribution is -0.122. The molecular weight excluding hydrogens is 319 g/mol. The van der Waals surface area contributed by atoms with Crippen LogP contribution in [0.1, 0.15) is 52.4 Å². The number of ketones is 2. The fourth-order valence-electron chi connectivity index (χ4n) is 3.74. The van der Waals surface area contributed by atoms with Gasteiger partial charge >= 0.3 is 0 Å². The maximum Gasteiger partial charge on any atom is 0.132 e. The Morgan fingerprint density at radius 2 is 1.14 bits per heavy atom. The molecule has 0 bridgehead atoms. The van der Waals surface area contributed by atoms with E-state index in [9.17, 15) is 9.59 Å². The predicted molar refractivity (Wildman–Crippen MR) is 91.4 cm³/mol. The summed E-state index contributed by atoms with van der Waals surface area (Å²) in [6, 6.07) is 0. The zero-order chi connectivity index (χ0) is 16.3. The largest absolute Gasteiger partial charge is 0.300 e. The molecule has 2 saturated carbocycles. The van der Waals surface area contributed by atoms with Crippen molar-refractivity contribution in [2.45, 2.75) is 63.1 Å². The van der Waals surface area contributed by atoms with Gasteiger partial charge in [0.1, 0.15) is 11.6 Å². The molecule has 2 aliphatic carbocycles. The van der Waals surface area contributed by atoms with Crippen molar-refractivity contribution in [1.82, 2.24) is 0 Å². The van der Waals surface area contributed by atoms with Gasteiger partial charge in [-0.3, -0.25) is 9.59 Å². The Hall–Kier alpha value is -0.340. The van der Waals surface area contributed by atoms with Crippen LogP contribution in [0.3, 0.4) is 0 Å². The SMILES string of the molecule is CC(=O)C1CCC(C=CC2CCC(C(C)=O)CC2Cl)C(Cl)C1. The van der Waals surface area contributed by atoms with Gasteiger partial charge in [-0.1, -0.05) is 12.2 Å². The Bertz CT molecular complexity index is 406. The molecule has 0 spiro atoms. The molecule has 0 aromatic carbocycles. The number of hydrogen-bond acceptors (Lipinski definition) is 2. The van der Waals surface area contributed by atoms with Gasteiger partial charge in [-0.05, 0) is 64.2 Å². The maximum absolute atomic E-state index is 11.5. The van der Waals surface area contributed by atoms with Gasteiger partial charge in [0, 0.05) is 22.6 Å². The molecule has 0 aromatic heterocycles. The van der Waals surface area contributed by atoms with E-state index in [2.05, 4.69) is 12.2 Å². The number of alkyl halides is 2. The highest BCUT2D eigenvalue weighted by Gasteiger charge is 2.32. The topological polar surface area (TPSA) is 34.1 Å². The molecule has 0 saturated heterocycles. The summed E-state index contributed by atoms with van der Waals surface area (Å²) in [6.07, 6.45) is 9.82. The summed E-state index contributed by atoms with van der Waals surface area (Å²) >= 11 is 12.9. The first kappa shape index (κ1) is 18.0. The Morgan fingerprint density at radius 1 is 0.773 bits per heavy atom. The van der Waals surface area contributed by atoms with E-state index in [4.69, 9.17) is 23.2 Å². The van der Waals surface area contributed by atoms with E-state index in [1.165, 1.54) is 0 Å². The van der Waals surface area contributed by atoms with E-state index >= 15 is 0 Å². The monoisotopic (exact) mass is 344 g/mol. The van der Waals surface area contributed by atoms with Crippen molar-refractivity contribution >= 4 is 34.8 Å². The number of rotatable bonds is 4. The molecule has 4 heteroatoms. The number of Topliss-reactive ketones (excluding diaryl/α,β-unsaturated/α-hetero) is 2. The Kier molecular flexibility index (Phi) is 6.52. The molecule has 2 rings (SSSR count). The van der Waals surface area contributed by atoms with Crippen LogP contribution in [0.5, 0.6) is 0 Å². The van der Waals surface area contributed by atoms with Gasteiger partial charge in [-0.25, -0.2) is 0 Å². The van der Waals surface area contributed by atoms with E-state index in [1.807, 2.05) is 0 Å². The number of allylic oxidation sites excluding steroid dienone is 2. The summed E-state index contributed by atoms with van der Waals surface area (Å²) in [7, 11) is 0. The lowest BCUT2D eigenvalue weighted by Gasteiger charge is -2.32. The molecule has 124 valence electrons. The summed E-state index contributed by atoms with van der Waals surface area (Å²) in [4.78, 5) is 22.9. The molecule has 0 N–H and O–H groups in total. The Balaban J connectivity index is 1.87. The van der Waals surface area contributed by atoms with Crippen molar-refractivity contribution in [3.63, 3.8) is 0 Å². The number of halogens is 2. The average Bonchev–Trinajstić information content (AvgIpc) is 2.46. The minimum Gasteiger partial charge on any atom is -0.300 e. The molecule has 0 aromatic rings. The molecule has 0 aliphatic heterocycles. The predicted octanol–water partition coefficient (Wildman–Crippen LogP) is 4.77. The third-order valence-electron chi connectivity index (χ3n) is 5.40. The van der Waals surface area contributed by atoms with Crippen molar-refractivity contribution in [1.29, 1.82) is 0 Å². The van der Waals surface area contributed by atoms with Crippen LogP contribution in [-0.2, 0) is 9.59 Å². The smallest absolute Gasteiger partial charge is 0.132 e. The highest BCUT2D eigenvalue weighted by Crippen LogP contribution is 2.37. The van der Waals surface area contributed by atoms with Gasteiger partial charge in [0.15, 0.2) is 0 Å². The third-order valence-corrected chi connectivity index (χ3v) is 6.40. The number of carbonyl (C=O) groups excluding carboxylic acids is 2. The molecule has 0 radical (unpaired) electrons. The minimum absolute atomic E-state index is 0.0428.